The zero-order chi connectivity index (χ0) is 23.0. The normalized spacial score (nSPS) is 22.2. The molecule has 1 fully saturated rings. The van der Waals surface area contributed by atoms with E-state index in [0.717, 1.165) is 30.2 Å². The highest BCUT2D eigenvalue weighted by atomic mass is 16.6. The number of aromatic nitrogens is 1. The van der Waals surface area contributed by atoms with Gasteiger partial charge < -0.3 is 14.5 Å². The standard InChI is InChI=1S/C25H36N2O4/c1-15-12-13-17(24(2,3)4)19(14-15)30-23(29)27-20-16-10-8-9-11-18(16)26-21(20)22(28)31-25(5,6)7/h8-11,15,17,19,26H,12-14H2,1-7H3,(H,27,29)/t15?,17-,19-/m0/s1. The molecule has 1 aliphatic carbocycles. The molecule has 1 aliphatic rings. The Balaban J connectivity index is 1.85. The number of rotatable bonds is 3. The lowest BCUT2D eigenvalue weighted by Gasteiger charge is -2.41. The number of hydrogen-bond acceptors (Lipinski definition) is 4. The summed E-state index contributed by atoms with van der Waals surface area (Å²) in [7, 11) is 0. The van der Waals surface area contributed by atoms with Gasteiger partial charge in [0.05, 0.1) is 5.69 Å². The Morgan fingerprint density at radius 2 is 1.74 bits per heavy atom. The Morgan fingerprint density at radius 3 is 2.39 bits per heavy atom. The quantitative estimate of drug-likeness (QED) is 0.545. The van der Waals surface area contributed by atoms with Gasteiger partial charge in [-0.2, -0.15) is 0 Å². The average Bonchev–Trinajstić information content (AvgIpc) is 2.98. The molecular formula is C25H36N2O4. The third kappa shape index (κ3) is 5.60. The summed E-state index contributed by atoms with van der Waals surface area (Å²) in [6.45, 7) is 14.2. The second-order valence-corrected chi connectivity index (χ2v) is 10.9. The number of anilines is 1. The van der Waals surface area contributed by atoms with E-state index >= 15 is 0 Å². The molecule has 1 aromatic heterocycles. The lowest BCUT2D eigenvalue weighted by atomic mass is 9.68. The van der Waals surface area contributed by atoms with Crippen molar-refractivity contribution >= 4 is 28.7 Å². The van der Waals surface area contributed by atoms with Crippen LogP contribution in [-0.2, 0) is 9.47 Å². The molecule has 1 saturated carbocycles. The minimum atomic E-state index is -0.648. The third-order valence-corrected chi connectivity index (χ3v) is 5.96. The van der Waals surface area contributed by atoms with Crippen LogP contribution in [0.1, 0.15) is 78.2 Å². The van der Waals surface area contributed by atoms with E-state index in [4.69, 9.17) is 9.47 Å². The fourth-order valence-electron chi connectivity index (χ4n) is 4.47. The van der Waals surface area contributed by atoms with Gasteiger partial charge in [-0.25, -0.2) is 9.59 Å². The van der Waals surface area contributed by atoms with Gasteiger partial charge >= 0.3 is 12.1 Å². The fourth-order valence-corrected chi connectivity index (χ4v) is 4.47. The zero-order valence-corrected chi connectivity index (χ0v) is 19.8. The lowest BCUT2D eigenvalue weighted by Crippen LogP contribution is -2.40. The van der Waals surface area contributed by atoms with Crippen LogP contribution in [0.2, 0.25) is 0 Å². The molecule has 0 bridgehead atoms. The molecule has 0 saturated heterocycles. The van der Waals surface area contributed by atoms with Crippen LogP contribution in [0, 0.1) is 17.3 Å². The van der Waals surface area contributed by atoms with Crippen LogP contribution >= 0.6 is 0 Å². The van der Waals surface area contributed by atoms with Crippen LogP contribution < -0.4 is 5.32 Å². The summed E-state index contributed by atoms with van der Waals surface area (Å²) in [5.41, 5.74) is 0.763. The highest BCUT2D eigenvalue weighted by molar-refractivity contribution is 6.10. The molecule has 0 radical (unpaired) electrons. The summed E-state index contributed by atoms with van der Waals surface area (Å²) in [6, 6.07) is 7.45. The molecule has 1 amide bonds. The predicted octanol–water partition coefficient (Wildman–Crippen LogP) is 6.52. The van der Waals surface area contributed by atoms with Crippen LogP contribution in [0.3, 0.4) is 0 Å². The number of benzene rings is 1. The number of amides is 1. The largest absolute Gasteiger partial charge is 0.455 e. The first-order chi connectivity index (χ1) is 14.3. The monoisotopic (exact) mass is 428 g/mol. The minimum Gasteiger partial charge on any atom is -0.455 e. The smallest absolute Gasteiger partial charge is 0.411 e. The molecule has 1 aromatic carbocycles. The van der Waals surface area contributed by atoms with Gasteiger partial charge in [0.15, 0.2) is 0 Å². The molecule has 6 heteroatoms. The molecule has 0 aliphatic heterocycles. The first-order valence-corrected chi connectivity index (χ1v) is 11.2. The molecule has 6 nitrogen and oxygen atoms in total. The predicted molar refractivity (Wildman–Crippen MR) is 123 cm³/mol. The van der Waals surface area contributed by atoms with Crippen LogP contribution in [0.25, 0.3) is 10.9 Å². The van der Waals surface area contributed by atoms with E-state index in [1.807, 2.05) is 45.0 Å². The van der Waals surface area contributed by atoms with Crippen molar-refractivity contribution in [2.45, 2.75) is 79.4 Å². The maximum Gasteiger partial charge on any atom is 0.411 e. The second kappa shape index (κ2) is 8.56. The maximum atomic E-state index is 13.0. The van der Waals surface area contributed by atoms with Crippen LogP contribution in [0.5, 0.6) is 0 Å². The summed E-state index contributed by atoms with van der Waals surface area (Å²) >= 11 is 0. The molecular weight excluding hydrogens is 392 g/mol. The lowest BCUT2D eigenvalue weighted by molar-refractivity contribution is -0.0141. The van der Waals surface area contributed by atoms with Crippen LogP contribution in [0.4, 0.5) is 10.5 Å². The van der Waals surface area contributed by atoms with Crippen molar-refractivity contribution in [3.8, 4) is 0 Å². The third-order valence-electron chi connectivity index (χ3n) is 5.96. The summed E-state index contributed by atoms with van der Waals surface area (Å²) < 4.78 is 11.5. The van der Waals surface area contributed by atoms with Gasteiger partial charge in [0.1, 0.15) is 17.4 Å². The Kier molecular flexibility index (Phi) is 6.40. The maximum absolute atomic E-state index is 13.0. The van der Waals surface area contributed by atoms with Crippen molar-refractivity contribution in [3.05, 3.63) is 30.0 Å². The molecule has 1 heterocycles. The van der Waals surface area contributed by atoms with Crippen molar-refractivity contribution < 1.29 is 19.1 Å². The average molecular weight is 429 g/mol. The Bertz CT molecular complexity index is 949. The number of carbonyl (C=O) groups excluding carboxylic acids is 2. The first kappa shape index (κ1) is 23.2. The summed E-state index contributed by atoms with van der Waals surface area (Å²) in [5, 5.41) is 3.58. The number of para-hydroxylation sites is 1. The van der Waals surface area contributed by atoms with E-state index in [1.54, 1.807) is 0 Å². The highest BCUT2D eigenvalue weighted by Crippen LogP contribution is 2.41. The van der Waals surface area contributed by atoms with Gasteiger partial charge in [0.2, 0.25) is 0 Å². The zero-order valence-electron chi connectivity index (χ0n) is 19.8. The number of carbonyl (C=O) groups is 2. The summed E-state index contributed by atoms with van der Waals surface area (Å²) in [4.78, 5) is 28.9. The molecule has 31 heavy (non-hydrogen) atoms. The van der Waals surface area contributed by atoms with E-state index in [9.17, 15) is 9.59 Å². The number of hydrogen-bond donors (Lipinski definition) is 2. The summed E-state index contributed by atoms with van der Waals surface area (Å²) in [6.07, 6.45) is 2.34. The molecule has 1 unspecified atom stereocenters. The summed E-state index contributed by atoms with van der Waals surface area (Å²) in [5.74, 6) is 0.294. The van der Waals surface area contributed by atoms with Gasteiger partial charge in [-0.05, 0) is 51.0 Å². The van der Waals surface area contributed by atoms with Gasteiger partial charge in [0.25, 0.3) is 0 Å². The number of ether oxygens (including phenoxy) is 2. The first-order valence-electron chi connectivity index (χ1n) is 11.2. The van der Waals surface area contributed by atoms with Gasteiger partial charge in [-0.3, -0.25) is 5.32 Å². The van der Waals surface area contributed by atoms with E-state index < -0.39 is 17.7 Å². The Morgan fingerprint density at radius 1 is 1.06 bits per heavy atom. The van der Waals surface area contributed by atoms with Crippen LogP contribution in [0.15, 0.2) is 24.3 Å². The van der Waals surface area contributed by atoms with Crippen molar-refractivity contribution in [1.82, 2.24) is 4.98 Å². The van der Waals surface area contributed by atoms with Gasteiger partial charge in [-0.15, -0.1) is 0 Å². The SMILES string of the molecule is CC1CC[C@H](C(C)(C)C)[C@@H](OC(=O)Nc2c(C(=O)OC(C)(C)C)[nH]c3ccccc23)C1. The number of aromatic amines is 1. The molecule has 2 N–H and O–H groups in total. The second-order valence-electron chi connectivity index (χ2n) is 10.9. The van der Waals surface area contributed by atoms with E-state index in [2.05, 4.69) is 38.0 Å². The molecule has 3 atom stereocenters. The van der Waals surface area contributed by atoms with Gasteiger partial charge in [0, 0.05) is 16.8 Å². The van der Waals surface area contributed by atoms with E-state index in [0.29, 0.717) is 17.5 Å². The molecule has 3 rings (SSSR count). The van der Waals surface area contributed by atoms with Crippen molar-refractivity contribution in [1.29, 1.82) is 0 Å². The highest BCUT2D eigenvalue weighted by Gasteiger charge is 2.39. The van der Waals surface area contributed by atoms with Gasteiger partial charge in [-0.1, -0.05) is 52.3 Å². The Labute approximate surface area is 185 Å². The van der Waals surface area contributed by atoms with E-state index in [-0.39, 0.29) is 17.2 Å². The van der Waals surface area contributed by atoms with E-state index in [1.165, 1.54) is 0 Å². The minimum absolute atomic E-state index is 0.0491. The fraction of sp³-hybridized carbons (Fsp3) is 0.600. The number of fused-ring (bicyclic) bond motifs is 1. The number of H-pyrrole nitrogens is 1. The topological polar surface area (TPSA) is 80.4 Å². The number of nitrogens with one attached hydrogen (secondary N) is 2. The Hall–Kier alpha value is -2.50. The molecule has 2 aromatic rings. The number of esters is 1. The van der Waals surface area contributed by atoms with Crippen molar-refractivity contribution in [2.24, 2.45) is 17.3 Å². The molecule has 0 spiro atoms. The van der Waals surface area contributed by atoms with Crippen molar-refractivity contribution in [2.75, 3.05) is 5.32 Å². The van der Waals surface area contributed by atoms with Crippen molar-refractivity contribution in [3.63, 3.8) is 0 Å². The molecule has 170 valence electrons. The van der Waals surface area contributed by atoms with Crippen LogP contribution in [-0.4, -0.2) is 28.8 Å².